The molecular weight excluding hydrogens is 305 g/mol. The number of halogens is 2. The molecule has 0 aliphatic carbocycles. The predicted molar refractivity (Wildman–Crippen MR) is 80.8 cm³/mol. The molecule has 19 heavy (non-hydrogen) atoms. The van der Waals surface area contributed by atoms with Crippen LogP contribution in [-0.2, 0) is 0 Å². The Morgan fingerprint density at radius 1 is 1.11 bits per heavy atom. The molecule has 0 amide bonds. The van der Waals surface area contributed by atoms with Gasteiger partial charge in [-0.15, -0.1) is 0 Å². The molecule has 0 aliphatic rings. The second-order valence-corrected chi connectivity index (χ2v) is 5.32. The van der Waals surface area contributed by atoms with Crippen molar-refractivity contribution in [1.29, 1.82) is 0 Å². The van der Waals surface area contributed by atoms with Crippen molar-refractivity contribution in [2.45, 2.75) is 19.9 Å². The first-order valence-electron chi connectivity index (χ1n) is 6.38. The largest absolute Gasteiger partial charge is 0.306 e. The molecular formula is C16H17BrFN. The van der Waals surface area contributed by atoms with Crippen molar-refractivity contribution in [2.24, 2.45) is 0 Å². The van der Waals surface area contributed by atoms with E-state index in [0.717, 1.165) is 22.1 Å². The van der Waals surface area contributed by atoms with Gasteiger partial charge in [0.05, 0.1) is 6.04 Å². The molecule has 0 fully saturated rings. The highest BCUT2D eigenvalue weighted by molar-refractivity contribution is 9.10. The average Bonchev–Trinajstić information content (AvgIpc) is 2.41. The van der Waals surface area contributed by atoms with E-state index in [1.807, 2.05) is 44.2 Å². The predicted octanol–water partition coefficient (Wildman–Crippen LogP) is 4.60. The van der Waals surface area contributed by atoms with Gasteiger partial charge in [-0.3, -0.25) is 0 Å². The lowest BCUT2D eigenvalue weighted by atomic mass is 9.94. The Balaban J connectivity index is 2.52. The summed E-state index contributed by atoms with van der Waals surface area (Å²) in [5.41, 5.74) is 2.92. The SMILES string of the molecule is CCNC(c1ccccc1F)c1cccc(Br)c1C. The minimum Gasteiger partial charge on any atom is -0.306 e. The van der Waals surface area contributed by atoms with Crippen LogP contribution in [0.4, 0.5) is 4.39 Å². The van der Waals surface area contributed by atoms with Gasteiger partial charge in [0, 0.05) is 10.0 Å². The van der Waals surface area contributed by atoms with Crippen LogP contribution in [0.3, 0.4) is 0 Å². The lowest BCUT2D eigenvalue weighted by molar-refractivity contribution is 0.557. The fourth-order valence-electron chi connectivity index (χ4n) is 2.24. The van der Waals surface area contributed by atoms with Crippen molar-refractivity contribution in [3.63, 3.8) is 0 Å². The van der Waals surface area contributed by atoms with Gasteiger partial charge in [0.25, 0.3) is 0 Å². The first kappa shape index (κ1) is 14.2. The van der Waals surface area contributed by atoms with Crippen LogP contribution >= 0.6 is 15.9 Å². The summed E-state index contributed by atoms with van der Waals surface area (Å²) >= 11 is 3.54. The van der Waals surface area contributed by atoms with Gasteiger partial charge in [0.2, 0.25) is 0 Å². The fourth-order valence-corrected chi connectivity index (χ4v) is 2.62. The van der Waals surface area contributed by atoms with Crippen LogP contribution in [0.2, 0.25) is 0 Å². The Labute approximate surface area is 122 Å². The number of hydrogen-bond donors (Lipinski definition) is 1. The van der Waals surface area contributed by atoms with Crippen LogP contribution in [0.15, 0.2) is 46.9 Å². The van der Waals surface area contributed by atoms with Gasteiger partial charge in [-0.05, 0) is 36.7 Å². The van der Waals surface area contributed by atoms with E-state index >= 15 is 0 Å². The summed E-state index contributed by atoms with van der Waals surface area (Å²) in [4.78, 5) is 0. The summed E-state index contributed by atoms with van der Waals surface area (Å²) in [5, 5.41) is 3.36. The molecule has 1 atom stereocenters. The smallest absolute Gasteiger partial charge is 0.128 e. The molecule has 1 N–H and O–H groups in total. The van der Waals surface area contributed by atoms with Crippen molar-refractivity contribution in [2.75, 3.05) is 6.54 Å². The molecule has 2 aromatic rings. The number of rotatable bonds is 4. The molecule has 0 radical (unpaired) electrons. The van der Waals surface area contributed by atoms with Crippen molar-refractivity contribution < 1.29 is 4.39 Å². The minimum atomic E-state index is -0.173. The molecule has 0 saturated carbocycles. The fraction of sp³-hybridized carbons (Fsp3) is 0.250. The molecule has 0 saturated heterocycles. The lowest BCUT2D eigenvalue weighted by Gasteiger charge is -2.22. The van der Waals surface area contributed by atoms with E-state index in [1.165, 1.54) is 6.07 Å². The van der Waals surface area contributed by atoms with Crippen molar-refractivity contribution in [1.82, 2.24) is 5.32 Å². The second-order valence-electron chi connectivity index (χ2n) is 4.47. The normalized spacial score (nSPS) is 12.4. The Hall–Kier alpha value is -1.19. The molecule has 0 spiro atoms. The van der Waals surface area contributed by atoms with Gasteiger partial charge < -0.3 is 5.32 Å². The molecule has 1 unspecified atom stereocenters. The summed E-state index contributed by atoms with van der Waals surface area (Å²) in [6.45, 7) is 4.86. The maximum Gasteiger partial charge on any atom is 0.128 e. The van der Waals surface area contributed by atoms with Crippen LogP contribution in [-0.4, -0.2) is 6.54 Å². The Bertz CT molecular complexity index is 568. The quantitative estimate of drug-likeness (QED) is 0.868. The molecule has 2 aromatic carbocycles. The van der Waals surface area contributed by atoms with Crippen molar-refractivity contribution in [3.8, 4) is 0 Å². The first-order valence-corrected chi connectivity index (χ1v) is 7.17. The Morgan fingerprint density at radius 2 is 1.79 bits per heavy atom. The molecule has 0 bridgehead atoms. The Morgan fingerprint density at radius 3 is 2.47 bits per heavy atom. The van der Waals surface area contributed by atoms with Gasteiger partial charge >= 0.3 is 0 Å². The van der Waals surface area contributed by atoms with Gasteiger partial charge in [0.15, 0.2) is 0 Å². The van der Waals surface area contributed by atoms with Gasteiger partial charge in [-0.2, -0.15) is 0 Å². The van der Waals surface area contributed by atoms with Crippen LogP contribution in [0.5, 0.6) is 0 Å². The van der Waals surface area contributed by atoms with Gasteiger partial charge in [-0.25, -0.2) is 4.39 Å². The van der Waals surface area contributed by atoms with Crippen LogP contribution in [0, 0.1) is 12.7 Å². The van der Waals surface area contributed by atoms with E-state index in [9.17, 15) is 4.39 Å². The average molecular weight is 322 g/mol. The van der Waals surface area contributed by atoms with Crippen molar-refractivity contribution in [3.05, 3.63) is 69.4 Å². The highest BCUT2D eigenvalue weighted by atomic mass is 79.9. The molecule has 1 nitrogen and oxygen atoms in total. The third-order valence-electron chi connectivity index (χ3n) is 3.25. The van der Waals surface area contributed by atoms with Gasteiger partial charge in [0.1, 0.15) is 5.82 Å². The zero-order valence-corrected chi connectivity index (χ0v) is 12.7. The standard InChI is InChI=1S/C16H17BrFN/c1-3-19-16(13-7-4-5-10-15(13)18)12-8-6-9-14(17)11(12)2/h4-10,16,19H,3H2,1-2H3. The number of nitrogens with one attached hydrogen (secondary N) is 1. The first-order chi connectivity index (χ1) is 9.15. The molecule has 100 valence electrons. The second kappa shape index (κ2) is 6.31. The molecule has 0 aromatic heterocycles. The van der Waals surface area contributed by atoms with E-state index in [-0.39, 0.29) is 11.9 Å². The summed E-state index contributed by atoms with van der Waals surface area (Å²) in [7, 11) is 0. The third kappa shape index (κ3) is 3.04. The van der Waals surface area contributed by atoms with Crippen LogP contribution in [0.25, 0.3) is 0 Å². The maximum absolute atomic E-state index is 14.0. The van der Waals surface area contributed by atoms with Gasteiger partial charge in [-0.1, -0.05) is 53.2 Å². The summed E-state index contributed by atoms with van der Waals surface area (Å²) in [6, 6.07) is 12.8. The Kier molecular flexibility index (Phi) is 4.72. The number of benzene rings is 2. The topological polar surface area (TPSA) is 12.0 Å². The number of hydrogen-bond acceptors (Lipinski definition) is 1. The zero-order valence-electron chi connectivity index (χ0n) is 11.1. The molecule has 3 heteroatoms. The van der Waals surface area contributed by atoms with Crippen molar-refractivity contribution >= 4 is 15.9 Å². The minimum absolute atomic E-state index is 0.122. The van der Waals surface area contributed by atoms with Crippen LogP contribution < -0.4 is 5.32 Å². The van der Waals surface area contributed by atoms with E-state index in [0.29, 0.717) is 5.56 Å². The van der Waals surface area contributed by atoms with E-state index in [4.69, 9.17) is 0 Å². The highest BCUT2D eigenvalue weighted by Gasteiger charge is 2.18. The van der Waals surface area contributed by atoms with E-state index < -0.39 is 0 Å². The molecule has 0 heterocycles. The van der Waals surface area contributed by atoms with E-state index in [2.05, 4.69) is 21.2 Å². The van der Waals surface area contributed by atoms with E-state index in [1.54, 1.807) is 6.07 Å². The maximum atomic E-state index is 14.0. The molecule has 2 rings (SSSR count). The highest BCUT2D eigenvalue weighted by Crippen LogP contribution is 2.30. The lowest BCUT2D eigenvalue weighted by Crippen LogP contribution is -2.23. The zero-order chi connectivity index (χ0) is 13.8. The summed E-state index contributed by atoms with van der Waals surface area (Å²) in [5.74, 6) is -0.173. The summed E-state index contributed by atoms with van der Waals surface area (Å²) < 4.78 is 15.1. The van der Waals surface area contributed by atoms with Crippen LogP contribution in [0.1, 0.15) is 29.7 Å². The monoisotopic (exact) mass is 321 g/mol. The third-order valence-corrected chi connectivity index (χ3v) is 4.10. The summed E-state index contributed by atoms with van der Waals surface area (Å²) in [6.07, 6.45) is 0. The molecule has 0 aliphatic heterocycles.